The molecule has 0 aromatic heterocycles. The lowest BCUT2D eigenvalue weighted by Gasteiger charge is -2.39. The maximum Gasteiger partial charge on any atom is 0.202 e. The molecule has 8 nitrogen and oxygen atoms in total. The standard InChI is InChI=1S/C26H25NO7/c1-10-7-13-18(16(29)8-10)21-22(25(32)19-12(24(21)31)5-4-6-15(19)28)26(33)20(13)17-9-14(27-3)23(30)11(2)34-17/h4-8,11,14,17,23,27-30,33H,9H2,1-3H3/t11-,14-,17+,23-/m1/s1. The van der Waals surface area contributed by atoms with Crippen molar-refractivity contribution in [3.8, 4) is 17.2 Å². The summed E-state index contributed by atoms with van der Waals surface area (Å²) in [6, 6.07) is 7.08. The van der Waals surface area contributed by atoms with Crippen LogP contribution in [0.3, 0.4) is 0 Å². The zero-order valence-electron chi connectivity index (χ0n) is 18.9. The number of hydrogen-bond donors (Lipinski definition) is 5. The zero-order chi connectivity index (χ0) is 24.5. The molecule has 3 aromatic carbocycles. The highest BCUT2D eigenvalue weighted by Gasteiger charge is 2.42. The Hall–Kier alpha value is -3.46. The molecular weight excluding hydrogens is 438 g/mol. The predicted octanol–water partition coefficient (Wildman–Crippen LogP) is 2.84. The van der Waals surface area contributed by atoms with Gasteiger partial charge in [-0.1, -0.05) is 18.2 Å². The molecule has 5 N–H and O–H groups in total. The topological polar surface area (TPSA) is 136 Å². The van der Waals surface area contributed by atoms with Crippen LogP contribution in [0, 0.1) is 6.92 Å². The van der Waals surface area contributed by atoms with E-state index in [0.29, 0.717) is 10.9 Å². The number of rotatable bonds is 2. The molecule has 8 heteroatoms. The number of aryl methyl sites for hydroxylation is 1. The number of fused-ring (bicyclic) bond motifs is 4. The van der Waals surface area contributed by atoms with Gasteiger partial charge in [-0.15, -0.1) is 0 Å². The summed E-state index contributed by atoms with van der Waals surface area (Å²) in [5.74, 6) is -2.28. The Morgan fingerprint density at radius 1 is 1.00 bits per heavy atom. The second-order valence-electron chi connectivity index (χ2n) is 9.03. The van der Waals surface area contributed by atoms with Gasteiger partial charge in [0.2, 0.25) is 5.78 Å². The predicted molar refractivity (Wildman–Crippen MR) is 124 cm³/mol. The fourth-order valence-corrected chi connectivity index (χ4v) is 5.32. The molecule has 176 valence electrons. The second kappa shape index (κ2) is 7.80. The number of carbonyl (C=O) groups excluding carboxylic acids is 2. The van der Waals surface area contributed by atoms with Crippen LogP contribution >= 0.6 is 0 Å². The Morgan fingerprint density at radius 3 is 2.44 bits per heavy atom. The summed E-state index contributed by atoms with van der Waals surface area (Å²) >= 11 is 0. The smallest absolute Gasteiger partial charge is 0.202 e. The van der Waals surface area contributed by atoms with Gasteiger partial charge in [0.15, 0.2) is 5.78 Å². The van der Waals surface area contributed by atoms with E-state index in [4.69, 9.17) is 4.74 Å². The molecule has 5 rings (SSSR count). The van der Waals surface area contributed by atoms with E-state index in [0.717, 1.165) is 0 Å². The molecule has 1 aliphatic heterocycles. The maximum atomic E-state index is 13.5. The molecule has 2 aliphatic rings. The van der Waals surface area contributed by atoms with E-state index in [1.165, 1.54) is 24.3 Å². The molecular formula is C26H25NO7. The first-order valence-electron chi connectivity index (χ1n) is 11.1. The van der Waals surface area contributed by atoms with Crippen molar-refractivity contribution in [1.29, 1.82) is 0 Å². The molecule has 34 heavy (non-hydrogen) atoms. The lowest BCUT2D eigenvalue weighted by molar-refractivity contribution is -0.124. The van der Waals surface area contributed by atoms with Crippen molar-refractivity contribution in [2.24, 2.45) is 0 Å². The summed E-state index contributed by atoms with van der Waals surface area (Å²) < 4.78 is 6.05. The van der Waals surface area contributed by atoms with Crippen LogP contribution in [0.15, 0.2) is 30.3 Å². The average Bonchev–Trinajstić information content (AvgIpc) is 2.78. The van der Waals surface area contributed by atoms with Gasteiger partial charge in [-0.25, -0.2) is 0 Å². The maximum absolute atomic E-state index is 13.5. The number of aliphatic hydroxyl groups is 1. The SMILES string of the molecule is CN[C@@H]1C[C@@H](c2c(O)c3c(c4c(O)cc(C)cc24)C(=O)c2cccc(O)c2C3=O)O[C@H](C)[C@H]1O. The third-order valence-corrected chi connectivity index (χ3v) is 6.95. The van der Waals surface area contributed by atoms with Gasteiger partial charge >= 0.3 is 0 Å². The van der Waals surface area contributed by atoms with Crippen LogP contribution in [0.4, 0.5) is 0 Å². The van der Waals surface area contributed by atoms with E-state index in [1.54, 1.807) is 27.0 Å². The van der Waals surface area contributed by atoms with E-state index < -0.39 is 35.6 Å². The fraction of sp³-hybridized carbons (Fsp3) is 0.308. The number of ketones is 2. The van der Waals surface area contributed by atoms with Crippen LogP contribution in [-0.4, -0.2) is 57.3 Å². The van der Waals surface area contributed by atoms with Crippen molar-refractivity contribution in [3.63, 3.8) is 0 Å². The van der Waals surface area contributed by atoms with Gasteiger partial charge in [0, 0.05) is 28.1 Å². The largest absolute Gasteiger partial charge is 0.507 e. The molecule has 0 amide bonds. The van der Waals surface area contributed by atoms with Gasteiger partial charge in [0.1, 0.15) is 17.2 Å². The van der Waals surface area contributed by atoms with Crippen LogP contribution in [0.5, 0.6) is 17.2 Å². The van der Waals surface area contributed by atoms with Crippen molar-refractivity contribution >= 4 is 22.3 Å². The highest BCUT2D eigenvalue weighted by Crippen LogP contribution is 2.49. The summed E-state index contributed by atoms with van der Waals surface area (Å²) in [5, 5.41) is 46.8. The third-order valence-electron chi connectivity index (χ3n) is 6.95. The highest BCUT2D eigenvalue weighted by molar-refractivity contribution is 6.34. The lowest BCUT2D eigenvalue weighted by atomic mass is 9.77. The van der Waals surface area contributed by atoms with Crippen molar-refractivity contribution in [2.75, 3.05) is 7.05 Å². The van der Waals surface area contributed by atoms with E-state index >= 15 is 0 Å². The van der Waals surface area contributed by atoms with E-state index in [-0.39, 0.29) is 57.2 Å². The minimum absolute atomic E-state index is 0.00633. The Kier molecular flexibility index (Phi) is 5.12. The van der Waals surface area contributed by atoms with Gasteiger partial charge < -0.3 is 30.5 Å². The van der Waals surface area contributed by atoms with E-state index in [9.17, 15) is 30.0 Å². The average molecular weight is 463 g/mol. The Balaban J connectivity index is 1.86. The fourth-order valence-electron chi connectivity index (χ4n) is 5.32. The molecule has 1 fully saturated rings. The molecule has 4 atom stereocenters. The van der Waals surface area contributed by atoms with Crippen LogP contribution in [0.25, 0.3) is 10.8 Å². The molecule has 0 unspecified atom stereocenters. The van der Waals surface area contributed by atoms with Crippen molar-refractivity contribution in [3.05, 3.63) is 63.7 Å². The number of nitrogens with one attached hydrogen (secondary N) is 1. The van der Waals surface area contributed by atoms with Crippen LogP contribution in [-0.2, 0) is 4.74 Å². The number of aromatic hydroxyl groups is 3. The zero-order valence-corrected chi connectivity index (χ0v) is 18.9. The normalized spacial score (nSPS) is 24.2. The third kappa shape index (κ3) is 3.03. The first kappa shape index (κ1) is 22.3. The number of aliphatic hydroxyl groups excluding tert-OH is 1. The van der Waals surface area contributed by atoms with Gasteiger partial charge in [-0.05, 0) is 50.4 Å². The molecule has 3 aromatic rings. The minimum Gasteiger partial charge on any atom is -0.507 e. The number of phenols is 3. The van der Waals surface area contributed by atoms with E-state index in [2.05, 4.69) is 5.32 Å². The summed E-state index contributed by atoms with van der Waals surface area (Å²) in [6.45, 7) is 3.48. The Morgan fingerprint density at radius 2 is 1.74 bits per heavy atom. The first-order valence-corrected chi connectivity index (χ1v) is 11.1. The van der Waals surface area contributed by atoms with Gasteiger partial charge in [0.25, 0.3) is 0 Å². The molecule has 0 bridgehead atoms. The quantitative estimate of drug-likeness (QED) is 0.306. The lowest BCUT2D eigenvalue weighted by Crippen LogP contribution is -2.50. The number of hydrogen-bond acceptors (Lipinski definition) is 8. The number of phenolic OH excluding ortho intramolecular Hbond substituents is 3. The molecule has 1 aliphatic carbocycles. The Bertz CT molecular complexity index is 1380. The number of likely N-dealkylation sites (N-methyl/N-ethyl adjacent to an activating group) is 1. The van der Waals surface area contributed by atoms with Crippen molar-refractivity contribution < 1.29 is 34.8 Å². The van der Waals surface area contributed by atoms with E-state index in [1.807, 2.05) is 0 Å². The summed E-state index contributed by atoms with van der Waals surface area (Å²) in [4.78, 5) is 27.1. The number of carbonyl (C=O) groups is 2. The summed E-state index contributed by atoms with van der Waals surface area (Å²) in [7, 11) is 1.71. The second-order valence-corrected chi connectivity index (χ2v) is 9.03. The summed E-state index contributed by atoms with van der Waals surface area (Å²) in [6.07, 6.45) is -1.82. The molecule has 0 radical (unpaired) electrons. The van der Waals surface area contributed by atoms with Crippen LogP contribution in [0.1, 0.15) is 62.4 Å². The van der Waals surface area contributed by atoms with Crippen molar-refractivity contribution in [1.82, 2.24) is 5.32 Å². The Labute approximate surface area is 195 Å². The van der Waals surface area contributed by atoms with Crippen LogP contribution < -0.4 is 5.32 Å². The van der Waals surface area contributed by atoms with Crippen molar-refractivity contribution in [2.45, 2.75) is 44.6 Å². The monoisotopic (exact) mass is 463 g/mol. The first-order chi connectivity index (χ1) is 16.1. The van der Waals surface area contributed by atoms with Gasteiger partial charge in [0.05, 0.1) is 29.4 Å². The minimum atomic E-state index is -0.783. The molecule has 1 heterocycles. The molecule has 1 saturated heterocycles. The highest BCUT2D eigenvalue weighted by atomic mass is 16.5. The summed E-state index contributed by atoms with van der Waals surface area (Å²) in [5.41, 5.74) is 0.384. The molecule has 0 spiro atoms. The van der Waals surface area contributed by atoms with Gasteiger partial charge in [-0.2, -0.15) is 0 Å². The van der Waals surface area contributed by atoms with Crippen LogP contribution in [0.2, 0.25) is 0 Å². The number of ether oxygens (including phenoxy) is 1. The molecule has 0 saturated carbocycles. The number of benzene rings is 3. The van der Waals surface area contributed by atoms with Gasteiger partial charge in [-0.3, -0.25) is 9.59 Å².